The minimum Gasteiger partial charge on any atom is -0.497 e. The number of hydrogen-bond donors (Lipinski definition) is 2. The first kappa shape index (κ1) is 33.2. The molecule has 0 radical (unpaired) electrons. The number of carbonyl (C=O) groups excluding carboxylic acids is 3. The smallest absolute Gasteiger partial charge is 0.429 e. The zero-order chi connectivity index (χ0) is 32.7. The lowest BCUT2D eigenvalue weighted by atomic mass is 9.98. The molecule has 11 nitrogen and oxygen atoms in total. The second-order valence-corrected chi connectivity index (χ2v) is 10.1. The summed E-state index contributed by atoms with van der Waals surface area (Å²) in [5.41, 5.74) is 5.27. The Hall–Kier alpha value is -5.71. The molecule has 4 rings (SSSR count). The Morgan fingerprint density at radius 1 is 0.652 bits per heavy atom. The molecule has 0 aliphatic carbocycles. The van der Waals surface area contributed by atoms with E-state index in [1.165, 1.54) is 14.2 Å². The van der Waals surface area contributed by atoms with Crippen molar-refractivity contribution >= 4 is 18.3 Å². The lowest BCUT2D eigenvalue weighted by Crippen LogP contribution is -2.55. The number of hydrazine groups is 1. The lowest BCUT2D eigenvalue weighted by molar-refractivity contribution is 0.0403. The van der Waals surface area contributed by atoms with Gasteiger partial charge in [0.1, 0.15) is 31.3 Å². The van der Waals surface area contributed by atoms with E-state index in [0.29, 0.717) is 17.1 Å². The lowest BCUT2D eigenvalue weighted by Gasteiger charge is -2.34. The number of nitrogens with zero attached hydrogens (tertiary/aromatic N) is 1. The average molecular weight is 628 g/mol. The Balaban J connectivity index is 1.61. The van der Waals surface area contributed by atoms with E-state index in [2.05, 4.69) is 10.7 Å². The van der Waals surface area contributed by atoms with E-state index < -0.39 is 30.4 Å². The highest BCUT2D eigenvalue weighted by Crippen LogP contribution is 2.33. The predicted octanol–water partition coefficient (Wildman–Crippen LogP) is 6.54. The van der Waals surface area contributed by atoms with Gasteiger partial charge in [0.15, 0.2) is 0 Å². The number of benzene rings is 4. The van der Waals surface area contributed by atoms with Gasteiger partial charge in [-0.2, -0.15) is 0 Å². The zero-order valence-electron chi connectivity index (χ0n) is 25.9. The maximum Gasteiger partial charge on any atom is 0.429 e. The number of carbonyl (C=O) groups is 3. The summed E-state index contributed by atoms with van der Waals surface area (Å²) in [5, 5.41) is 3.81. The minimum absolute atomic E-state index is 0.0143. The first-order valence-electron chi connectivity index (χ1n) is 14.5. The van der Waals surface area contributed by atoms with Gasteiger partial charge in [0, 0.05) is 11.6 Å². The van der Waals surface area contributed by atoms with Crippen LogP contribution in [0, 0.1) is 0 Å². The van der Waals surface area contributed by atoms with E-state index in [1.807, 2.05) is 66.7 Å². The van der Waals surface area contributed by atoms with Crippen molar-refractivity contribution in [3.05, 3.63) is 131 Å². The van der Waals surface area contributed by atoms with Crippen LogP contribution in [0.25, 0.3) is 0 Å². The van der Waals surface area contributed by atoms with Crippen molar-refractivity contribution in [3.8, 4) is 11.5 Å². The van der Waals surface area contributed by atoms with Crippen LogP contribution in [-0.4, -0.2) is 43.6 Å². The number of ether oxygens (including phenoxy) is 5. The molecule has 11 heteroatoms. The molecule has 0 heterocycles. The number of nitrogens with one attached hydrogen (secondary N) is 2. The Morgan fingerprint density at radius 2 is 1.15 bits per heavy atom. The Bertz CT molecular complexity index is 1550. The first-order valence-corrected chi connectivity index (χ1v) is 14.5. The van der Waals surface area contributed by atoms with Crippen molar-refractivity contribution in [3.63, 3.8) is 0 Å². The average Bonchev–Trinajstić information content (AvgIpc) is 3.10. The van der Waals surface area contributed by atoms with Crippen LogP contribution in [0.1, 0.15) is 35.2 Å². The van der Waals surface area contributed by atoms with Crippen molar-refractivity contribution in [2.24, 2.45) is 0 Å². The fourth-order valence-electron chi connectivity index (χ4n) is 4.53. The summed E-state index contributed by atoms with van der Waals surface area (Å²) in [4.78, 5) is 39.8. The van der Waals surface area contributed by atoms with Crippen LogP contribution in [0.2, 0.25) is 0 Å². The largest absolute Gasteiger partial charge is 0.497 e. The van der Waals surface area contributed by atoms with E-state index >= 15 is 0 Å². The predicted molar refractivity (Wildman–Crippen MR) is 170 cm³/mol. The SMILES string of the molecule is COc1ccc([C@H](NC(=O)OCc2ccccc2)[C@H](C)N(NC(=O)OCc2ccccc2)C(=O)OCc2ccccc2)c(OC)c1. The van der Waals surface area contributed by atoms with Crippen LogP contribution in [0.3, 0.4) is 0 Å². The molecule has 0 saturated heterocycles. The molecular formula is C35H37N3O8. The summed E-state index contributed by atoms with van der Waals surface area (Å²) < 4.78 is 27.5. The molecule has 240 valence electrons. The van der Waals surface area contributed by atoms with Gasteiger partial charge in [-0.25, -0.2) is 24.8 Å². The van der Waals surface area contributed by atoms with Gasteiger partial charge in [-0.15, -0.1) is 0 Å². The Kier molecular flexibility index (Phi) is 12.2. The van der Waals surface area contributed by atoms with Crippen LogP contribution in [0.15, 0.2) is 109 Å². The van der Waals surface area contributed by atoms with Gasteiger partial charge in [-0.05, 0) is 35.7 Å². The molecule has 0 aliphatic heterocycles. The summed E-state index contributed by atoms with van der Waals surface area (Å²) in [6.45, 7) is 1.55. The van der Waals surface area contributed by atoms with E-state index in [1.54, 1.807) is 49.4 Å². The van der Waals surface area contributed by atoms with Crippen molar-refractivity contribution in [2.45, 2.75) is 38.8 Å². The second kappa shape index (κ2) is 17.0. The topological polar surface area (TPSA) is 125 Å². The monoisotopic (exact) mass is 627 g/mol. The maximum atomic E-state index is 13.6. The highest BCUT2D eigenvalue weighted by atomic mass is 16.6. The zero-order valence-corrected chi connectivity index (χ0v) is 25.9. The molecule has 0 aliphatic rings. The molecule has 46 heavy (non-hydrogen) atoms. The summed E-state index contributed by atoms with van der Waals surface area (Å²) in [5.74, 6) is 0.879. The normalized spacial score (nSPS) is 11.7. The third-order valence-electron chi connectivity index (χ3n) is 6.98. The Morgan fingerprint density at radius 3 is 1.65 bits per heavy atom. The molecule has 2 N–H and O–H groups in total. The van der Waals surface area contributed by atoms with Gasteiger partial charge in [-0.1, -0.05) is 91.0 Å². The van der Waals surface area contributed by atoms with Gasteiger partial charge >= 0.3 is 18.3 Å². The molecule has 0 saturated carbocycles. The molecule has 0 unspecified atom stereocenters. The number of rotatable bonds is 12. The Labute approximate surface area is 267 Å². The molecule has 4 aromatic rings. The van der Waals surface area contributed by atoms with E-state index in [9.17, 15) is 14.4 Å². The quantitative estimate of drug-likeness (QED) is 0.134. The molecule has 0 bridgehead atoms. The van der Waals surface area contributed by atoms with Gasteiger partial charge in [0.25, 0.3) is 0 Å². The number of methoxy groups -OCH3 is 2. The number of amides is 3. The minimum atomic E-state index is -0.970. The standard InChI is InChI=1S/C35H37N3O8/c1-25(32(30-20-19-29(42-2)21-31(30)43-3)36-33(39)44-22-26-13-7-4-8-14-26)38(35(41)46-24-28-17-11-6-12-18-28)37-34(40)45-23-27-15-9-5-10-16-27/h4-21,25,32H,22-24H2,1-3H3,(H,36,39)(H,37,40)/t25-,32+/m0/s1. The number of alkyl carbamates (subject to hydrolysis) is 1. The third-order valence-corrected chi connectivity index (χ3v) is 6.98. The van der Waals surface area contributed by atoms with E-state index in [-0.39, 0.29) is 19.8 Å². The molecular weight excluding hydrogens is 590 g/mol. The fraction of sp³-hybridized carbons (Fsp3) is 0.229. The van der Waals surface area contributed by atoms with Gasteiger partial charge in [0.05, 0.1) is 26.3 Å². The third kappa shape index (κ3) is 9.65. The van der Waals surface area contributed by atoms with Crippen LogP contribution >= 0.6 is 0 Å². The highest BCUT2D eigenvalue weighted by Gasteiger charge is 2.35. The number of hydrogen-bond acceptors (Lipinski definition) is 8. The summed E-state index contributed by atoms with van der Waals surface area (Å²) in [7, 11) is 2.99. The molecule has 0 fully saturated rings. The maximum absolute atomic E-state index is 13.6. The summed E-state index contributed by atoms with van der Waals surface area (Å²) >= 11 is 0. The van der Waals surface area contributed by atoms with Crippen LogP contribution in [0.4, 0.5) is 14.4 Å². The van der Waals surface area contributed by atoms with Gasteiger partial charge < -0.3 is 29.0 Å². The molecule has 3 amide bonds. The molecule has 2 atom stereocenters. The molecule has 0 spiro atoms. The molecule has 0 aromatic heterocycles. The van der Waals surface area contributed by atoms with Crippen molar-refractivity contribution < 1.29 is 38.1 Å². The van der Waals surface area contributed by atoms with E-state index in [0.717, 1.165) is 21.7 Å². The summed E-state index contributed by atoms with van der Waals surface area (Å²) in [6, 6.07) is 30.5. The van der Waals surface area contributed by atoms with Crippen molar-refractivity contribution in [1.29, 1.82) is 0 Å². The highest BCUT2D eigenvalue weighted by molar-refractivity contribution is 5.75. The van der Waals surface area contributed by atoms with Crippen LogP contribution in [-0.2, 0) is 34.0 Å². The van der Waals surface area contributed by atoms with E-state index in [4.69, 9.17) is 23.7 Å². The second-order valence-electron chi connectivity index (χ2n) is 10.1. The molecule has 4 aromatic carbocycles. The first-order chi connectivity index (χ1) is 22.4. The van der Waals surface area contributed by atoms with Gasteiger partial charge in [0.2, 0.25) is 0 Å². The van der Waals surface area contributed by atoms with Crippen LogP contribution < -0.4 is 20.2 Å². The van der Waals surface area contributed by atoms with Gasteiger partial charge in [-0.3, -0.25) is 0 Å². The van der Waals surface area contributed by atoms with Crippen molar-refractivity contribution in [1.82, 2.24) is 15.8 Å². The van der Waals surface area contributed by atoms with Crippen molar-refractivity contribution in [2.75, 3.05) is 14.2 Å². The fourth-order valence-corrected chi connectivity index (χ4v) is 4.53. The summed E-state index contributed by atoms with van der Waals surface area (Å²) in [6.07, 6.45) is -2.55. The van der Waals surface area contributed by atoms with Crippen LogP contribution in [0.5, 0.6) is 11.5 Å².